The SMILES string of the molecule is CCCCNC(=O)C(Cc1ccccc1)N(Cc1ccc(Br)cc1)C(=O)Cc1ccccc1C. The molecule has 0 fully saturated rings. The van der Waals surface area contributed by atoms with Crippen molar-refractivity contribution in [1.82, 2.24) is 10.2 Å². The van der Waals surface area contributed by atoms with Gasteiger partial charge in [0, 0.05) is 24.0 Å². The summed E-state index contributed by atoms with van der Waals surface area (Å²) >= 11 is 3.48. The van der Waals surface area contributed by atoms with Gasteiger partial charge >= 0.3 is 0 Å². The first-order valence-electron chi connectivity index (χ1n) is 11.9. The van der Waals surface area contributed by atoms with Crippen molar-refractivity contribution in [1.29, 1.82) is 0 Å². The second-order valence-corrected chi connectivity index (χ2v) is 9.52. The number of carbonyl (C=O) groups is 2. The van der Waals surface area contributed by atoms with Crippen LogP contribution in [0.2, 0.25) is 0 Å². The Morgan fingerprint density at radius 1 is 0.912 bits per heavy atom. The summed E-state index contributed by atoms with van der Waals surface area (Å²) in [4.78, 5) is 28.9. The minimum atomic E-state index is -0.598. The Morgan fingerprint density at radius 2 is 1.59 bits per heavy atom. The number of nitrogens with zero attached hydrogens (tertiary/aromatic N) is 1. The number of carbonyl (C=O) groups excluding carboxylic acids is 2. The van der Waals surface area contributed by atoms with E-state index in [0.717, 1.165) is 39.6 Å². The maximum absolute atomic E-state index is 13.7. The van der Waals surface area contributed by atoms with Crippen molar-refractivity contribution >= 4 is 27.7 Å². The smallest absolute Gasteiger partial charge is 0.243 e. The number of hydrogen-bond acceptors (Lipinski definition) is 2. The molecule has 1 unspecified atom stereocenters. The highest BCUT2D eigenvalue weighted by Crippen LogP contribution is 2.19. The standard InChI is InChI=1S/C29H33BrN2O2/c1-3-4-18-31-29(34)27(19-23-11-6-5-7-12-23)32(21-24-14-16-26(30)17-15-24)28(33)20-25-13-9-8-10-22(25)2/h5-17,27H,3-4,18-21H2,1-2H3,(H,31,34). The molecule has 3 aromatic carbocycles. The van der Waals surface area contributed by atoms with E-state index in [9.17, 15) is 9.59 Å². The molecule has 0 aromatic heterocycles. The monoisotopic (exact) mass is 520 g/mol. The molecule has 4 nitrogen and oxygen atoms in total. The van der Waals surface area contributed by atoms with Gasteiger partial charge in [0.1, 0.15) is 6.04 Å². The molecular formula is C29H33BrN2O2. The Hall–Kier alpha value is -2.92. The molecule has 178 valence electrons. The van der Waals surface area contributed by atoms with Gasteiger partial charge in [-0.15, -0.1) is 0 Å². The van der Waals surface area contributed by atoms with Crippen LogP contribution < -0.4 is 5.32 Å². The molecule has 2 amide bonds. The van der Waals surface area contributed by atoms with Crippen molar-refractivity contribution < 1.29 is 9.59 Å². The summed E-state index contributed by atoms with van der Waals surface area (Å²) in [7, 11) is 0. The average Bonchev–Trinajstić information content (AvgIpc) is 2.84. The lowest BCUT2D eigenvalue weighted by atomic mass is 10.00. The number of rotatable bonds is 11. The molecule has 0 saturated carbocycles. The molecule has 0 aliphatic rings. The number of benzene rings is 3. The van der Waals surface area contributed by atoms with E-state index < -0.39 is 6.04 Å². The van der Waals surface area contributed by atoms with Crippen LogP contribution >= 0.6 is 15.9 Å². The van der Waals surface area contributed by atoms with Crippen LogP contribution in [0.3, 0.4) is 0 Å². The maximum atomic E-state index is 13.7. The van der Waals surface area contributed by atoms with Gasteiger partial charge in [0.25, 0.3) is 0 Å². The van der Waals surface area contributed by atoms with Crippen molar-refractivity contribution in [3.8, 4) is 0 Å². The first-order chi connectivity index (χ1) is 16.5. The fraction of sp³-hybridized carbons (Fsp3) is 0.310. The van der Waals surface area contributed by atoms with Gasteiger partial charge in [-0.25, -0.2) is 0 Å². The van der Waals surface area contributed by atoms with Gasteiger partial charge in [-0.2, -0.15) is 0 Å². The van der Waals surface area contributed by atoms with Crippen LogP contribution in [0.15, 0.2) is 83.3 Å². The summed E-state index contributed by atoms with van der Waals surface area (Å²) in [6.45, 7) is 5.09. The zero-order chi connectivity index (χ0) is 24.3. The van der Waals surface area contributed by atoms with E-state index in [0.29, 0.717) is 19.5 Å². The minimum absolute atomic E-state index is 0.0520. The summed E-state index contributed by atoms with van der Waals surface area (Å²) in [5.41, 5.74) is 4.08. The normalized spacial score (nSPS) is 11.6. The molecule has 34 heavy (non-hydrogen) atoms. The molecule has 0 aliphatic carbocycles. The van der Waals surface area contributed by atoms with Crippen LogP contribution in [0.5, 0.6) is 0 Å². The topological polar surface area (TPSA) is 49.4 Å². The van der Waals surface area contributed by atoms with E-state index >= 15 is 0 Å². The van der Waals surface area contributed by atoms with Crippen molar-refractivity contribution in [2.75, 3.05) is 6.54 Å². The Labute approximate surface area is 211 Å². The summed E-state index contributed by atoms with van der Waals surface area (Å²) in [5, 5.41) is 3.07. The lowest BCUT2D eigenvalue weighted by Crippen LogP contribution is -2.51. The van der Waals surface area contributed by atoms with Crippen molar-refractivity contribution in [3.63, 3.8) is 0 Å². The Bertz CT molecular complexity index is 1070. The van der Waals surface area contributed by atoms with Gasteiger partial charge in [-0.05, 0) is 47.7 Å². The van der Waals surface area contributed by atoms with E-state index in [1.54, 1.807) is 4.90 Å². The molecule has 5 heteroatoms. The molecule has 0 aliphatic heterocycles. The van der Waals surface area contributed by atoms with Gasteiger partial charge in [-0.1, -0.05) is 96.0 Å². The highest BCUT2D eigenvalue weighted by atomic mass is 79.9. The van der Waals surface area contributed by atoms with Crippen LogP contribution in [0, 0.1) is 6.92 Å². The van der Waals surface area contributed by atoms with Crippen LogP contribution in [-0.4, -0.2) is 29.3 Å². The van der Waals surface area contributed by atoms with Crippen LogP contribution in [0.25, 0.3) is 0 Å². The van der Waals surface area contributed by atoms with Gasteiger partial charge < -0.3 is 10.2 Å². The number of hydrogen-bond donors (Lipinski definition) is 1. The van der Waals surface area contributed by atoms with Crippen molar-refractivity contribution in [3.05, 3.63) is 106 Å². The van der Waals surface area contributed by atoms with Gasteiger partial charge in [-0.3, -0.25) is 9.59 Å². The quantitative estimate of drug-likeness (QED) is 0.322. The lowest BCUT2D eigenvalue weighted by molar-refractivity contribution is -0.140. The van der Waals surface area contributed by atoms with Crippen LogP contribution in [-0.2, 0) is 29.0 Å². The fourth-order valence-electron chi connectivity index (χ4n) is 3.92. The summed E-state index contributed by atoms with van der Waals surface area (Å²) in [5.74, 6) is -0.156. The molecule has 3 aromatic rings. The van der Waals surface area contributed by atoms with Crippen molar-refractivity contribution in [2.45, 2.75) is 52.1 Å². The molecule has 3 rings (SSSR count). The molecule has 0 spiro atoms. The van der Waals surface area contributed by atoms with Gasteiger partial charge in [0.15, 0.2) is 0 Å². The predicted octanol–water partition coefficient (Wildman–Crippen LogP) is 5.86. The van der Waals surface area contributed by atoms with E-state index in [2.05, 4.69) is 28.2 Å². The van der Waals surface area contributed by atoms with Crippen LogP contribution in [0.1, 0.15) is 42.0 Å². The number of nitrogens with one attached hydrogen (secondary N) is 1. The van der Waals surface area contributed by atoms with Gasteiger partial charge in [0.2, 0.25) is 11.8 Å². The highest BCUT2D eigenvalue weighted by molar-refractivity contribution is 9.10. The Kier molecular flexibility index (Phi) is 9.89. The third-order valence-electron chi connectivity index (χ3n) is 5.97. The van der Waals surface area contributed by atoms with E-state index in [1.165, 1.54) is 0 Å². The minimum Gasteiger partial charge on any atom is -0.354 e. The van der Waals surface area contributed by atoms with E-state index in [1.807, 2.05) is 85.8 Å². The summed E-state index contributed by atoms with van der Waals surface area (Å²) < 4.78 is 0.979. The second kappa shape index (κ2) is 13.1. The molecule has 0 heterocycles. The van der Waals surface area contributed by atoms with Gasteiger partial charge in [0.05, 0.1) is 6.42 Å². The lowest BCUT2D eigenvalue weighted by Gasteiger charge is -2.32. The number of aryl methyl sites for hydroxylation is 1. The van der Waals surface area contributed by atoms with Crippen LogP contribution in [0.4, 0.5) is 0 Å². The molecule has 1 atom stereocenters. The Balaban J connectivity index is 1.94. The predicted molar refractivity (Wildman–Crippen MR) is 141 cm³/mol. The summed E-state index contributed by atoms with van der Waals surface area (Å²) in [6, 6.07) is 25.2. The molecule has 0 bridgehead atoms. The number of halogens is 1. The highest BCUT2D eigenvalue weighted by Gasteiger charge is 2.30. The number of amides is 2. The summed E-state index contributed by atoms with van der Waals surface area (Å²) in [6.07, 6.45) is 2.64. The molecule has 0 radical (unpaired) electrons. The van der Waals surface area contributed by atoms with E-state index in [4.69, 9.17) is 0 Å². The third-order valence-corrected chi connectivity index (χ3v) is 6.50. The third kappa shape index (κ3) is 7.56. The molecule has 1 N–H and O–H groups in total. The zero-order valence-electron chi connectivity index (χ0n) is 20.0. The zero-order valence-corrected chi connectivity index (χ0v) is 21.6. The second-order valence-electron chi connectivity index (χ2n) is 8.60. The first kappa shape index (κ1) is 25.7. The molecule has 0 saturated heterocycles. The largest absolute Gasteiger partial charge is 0.354 e. The van der Waals surface area contributed by atoms with Crippen molar-refractivity contribution in [2.24, 2.45) is 0 Å². The first-order valence-corrected chi connectivity index (χ1v) is 12.7. The Morgan fingerprint density at radius 3 is 2.26 bits per heavy atom. The fourth-order valence-corrected chi connectivity index (χ4v) is 4.18. The maximum Gasteiger partial charge on any atom is 0.243 e. The van der Waals surface area contributed by atoms with E-state index in [-0.39, 0.29) is 18.2 Å². The number of unbranched alkanes of at least 4 members (excludes halogenated alkanes) is 1. The average molecular weight is 521 g/mol. The molecular weight excluding hydrogens is 488 g/mol.